The fourth-order valence-corrected chi connectivity index (χ4v) is 1.37. The fraction of sp³-hybridized carbons (Fsp3) is 0.273. The summed E-state index contributed by atoms with van der Waals surface area (Å²) in [7, 11) is 0. The molecule has 0 saturated heterocycles. The quantitative estimate of drug-likeness (QED) is 0.595. The maximum absolute atomic E-state index is 9.58. The molecule has 0 unspecified atom stereocenters. The van der Waals surface area contributed by atoms with Gasteiger partial charge in [-0.2, -0.15) is 0 Å². The van der Waals surface area contributed by atoms with Crippen LogP contribution in [0, 0.1) is 0 Å². The Morgan fingerprint density at radius 3 is 2.46 bits per heavy atom. The second kappa shape index (κ2) is 3.73. The van der Waals surface area contributed by atoms with Gasteiger partial charge in [0.1, 0.15) is 6.10 Å². The second-order valence-corrected chi connectivity index (χ2v) is 3.15. The highest BCUT2D eigenvalue weighted by molar-refractivity contribution is 5.44. The molecule has 1 saturated carbocycles. The average Bonchev–Trinajstić information content (AvgIpc) is 2.11. The molecular weight excluding hydrogens is 164 g/mol. The Kier molecular flexibility index (Phi) is 2.86. The lowest BCUT2D eigenvalue weighted by atomic mass is 9.83. The van der Waals surface area contributed by atoms with Crippen molar-refractivity contribution in [3.63, 3.8) is 0 Å². The summed E-state index contributed by atoms with van der Waals surface area (Å²) < 4.78 is 0. The largest absolute Gasteiger partial charge is 0.388 e. The first-order chi connectivity index (χ1) is 6.07. The molecular formula is C11H14O2. The van der Waals surface area contributed by atoms with Gasteiger partial charge in [0.2, 0.25) is 0 Å². The van der Waals surface area contributed by atoms with E-state index in [1.54, 1.807) is 12.2 Å². The Morgan fingerprint density at radius 1 is 1.31 bits per heavy atom. The van der Waals surface area contributed by atoms with Gasteiger partial charge < -0.3 is 10.2 Å². The number of aliphatic hydroxyl groups is 2. The Labute approximate surface area is 78.2 Å². The standard InChI is InChI=1S/C11H14O2/c1-4-5-9-6-10(12)8(3)11(13)7(9)2/h4-5,10-13H,1-3,6H2/b9-5+/t10-,11-/m1/s1. The van der Waals surface area contributed by atoms with Crippen LogP contribution in [0.2, 0.25) is 0 Å². The molecule has 1 rings (SSSR count). The number of hydrogen-bond donors (Lipinski definition) is 2. The molecule has 2 heteroatoms. The van der Waals surface area contributed by atoms with E-state index < -0.39 is 12.2 Å². The predicted octanol–water partition coefficient (Wildman–Crippen LogP) is 1.34. The van der Waals surface area contributed by atoms with Crippen LogP contribution < -0.4 is 0 Å². The first kappa shape index (κ1) is 9.96. The van der Waals surface area contributed by atoms with Crippen LogP contribution in [0.5, 0.6) is 0 Å². The van der Waals surface area contributed by atoms with E-state index in [0.29, 0.717) is 17.6 Å². The Hall–Kier alpha value is -1.12. The van der Waals surface area contributed by atoms with E-state index in [1.165, 1.54) is 0 Å². The topological polar surface area (TPSA) is 40.5 Å². The summed E-state index contributed by atoms with van der Waals surface area (Å²) in [6.07, 6.45) is 2.33. The maximum atomic E-state index is 9.58. The summed E-state index contributed by atoms with van der Waals surface area (Å²) >= 11 is 0. The molecule has 1 fully saturated rings. The minimum Gasteiger partial charge on any atom is -0.388 e. The number of allylic oxidation sites excluding steroid dienone is 2. The van der Waals surface area contributed by atoms with Gasteiger partial charge >= 0.3 is 0 Å². The fourth-order valence-electron chi connectivity index (χ4n) is 1.37. The molecule has 1 aliphatic rings. The first-order valence-corrected chi connectivity index (χ1v) is 4.13. The van der Waals surface area contributed by atoms with Crippen molar-refractivity contribution >= 4 is 0 Å². The third kappa shape index (κ3) is 1.79. The zero-order chi connectivity index (χ0) is 10.0. The highest BCUT2D eigenvalue weighted by Gasteiger charge is 2.28. The Bertz CT molecular complexity index is 286. The molecule has 13 heavy (non-hydrogen) atoms. The van der Waals surface area contributed by atoms with Crippen LogP contribution >= 0.6 is 0 Å². The molecule has 2 N–H and O–H groups in total. The van der Waals surface area contributed by atoms with E-state index in [2.05, 4.69) is 19.7 Å². The average molecular weight is 178 g/mol. The summed E-state index contributed by atoms with van der Waals surface area (Å²) in [4.78, 5) is 0. The van der Waals surface area contributed by atoms with E-state index in [0.717, 1.165) is 5.57 Å². The van der Waals surface area contributed by atoms with Crippen LogP contribution in [0.4, 0.5) is 0 Å². The minimum atomic E-state index is -0.824. The third-order valence-corrected chi connectivity index (χ3v) is 2.25. The second-order valence-electron chi connectivity index (χ2n) is 3.15. The van der Waals surface area contributed by atoms with E-state index in [-0.39, 0.29) is 0 Å². The summed E-state index contributed by atoms with van der Waals surface area (Å²) in [6.45, 7) is 10.9. The molecule has 0 spiro atoms. The molecule has 0 radical (unpaired) electrons. The summed E-state index contributed by atoms with van der Waals surface area (Å²) in [5.74, 6) is 0. The van der Waals surface area contributed by atoms with Crippen LogP contribution in [0.1, 0.15) is 6.42 Å². The molecule has 0 aromatic carbocycles. The van der Waals surface area contributed by atoms with Gasteiger partial charge in [0.05, 0.1) is 6.10 Å². The molecule has 0 aromatic heterocycles. The highest BCUT2D eigenvalue weighted by Crippen LogP contribution is 2.31. The minimum absolute atomic E-state index is 0.422. The highest BCUT2D eigenvalue weighted by atomic mass is 16.3. The Balaban J connectivity index is 2.95. The van der Waals surface area contributed by atoms with Gasteiger partial charge in [-0.3, -0.25) is 0 Å². The molecule has 1 aliphatic carbocycles. The van der Waals surface area contributed by atoms with Crippen molar-refractivity contribution < 1.29 is 10.2 Å². The normalized spacial score (nSPS) is 32.3. The lowest BCUT2D eigenvalue weighted by molar-refractivity contribution is 0.148. The lowest BCUT2D eigenvalue weighted by Crippen LogP contribution is -2.29. The molecule has 0 heterocycles. The van der Waals surface area contributed by atoms with Crippen molar-refractivity contribution in [1.82, 2.24) is 0 Å². The van der Waals surface area contributed by atoms with Crippen LogP contribution in [0.25, 0.3) is 0 Å². The lowest BCUT2D eigenvalue weighted by Gasteiger charge is -2.29. The van der Waals surface area contributed by atoms with Crippen molar-refractivity contribution in [1.29, 1.82) is 0 Å². The maximum Gasteiger partial charge on any atom is 0.102 e. The van der Waals surface area contributed by atoms with Crippen LogP contribution in [0.15, 0.2) is 48.6 Å². The van der Waals surface area contributed by atoms with Crippen LogP contribution in [-0.2, 0) is 0 Å². The molecule has 70 valence electrons. The summed E-state index contributed by atoms with van der Waals surface area (Å²) in [5, 5.41) is 19.1. The van der Waals surface area contributed by atoms with Gasteiger partial charge in [-0.25, -0.2) is 0 Å². The van der Waals surface area contributed by atoms with E-state index in [1.807, 2.05) is 0 Å². The van der Waals surface area contributed by atoms with Gasteiger partial charge in [-0.1, -0.05) is 31.9 Å². The first-order valence-electron chi connectivity index (χ1n) is 4.13. The zero-order valence-electron chi connectivity index (χ0n) is 7.53. The van der Waals surface area contributed by atoms with Gasteiger partial charge in [-0.15, -0.1) is 0 Å². The van der Waals surface area contributed by atoms with E-state index >= 15 is 0 Å². The summed E-state index contributed by atoms with van der Waals surface area (Å²) in [6, 6.07) is 0. The van der Waals surface area contributed by atoms with Crippen LogP contribution in [-0.4, -0.2) is 22.4 Å². The Morgan fingerprint density at radius 2 is 1.92 bits per heavy atom. The van der Waals surface area contributed by atoms with Crippen LogP contribution in [0.3, 0.4) is 0 Å². The SMILES string of the molecule is C=C/C=C1\C[C@@H](O)C(=C)[C@H](O)C1=C. The predicted molar refractivity (Wildman–Crippen MR) is 53.2 cm³/mol. The van der Waals surface area contributed by atoms with Crippen molar-refractivity contribution in [2.24, 2.45) is 0 Å². The molecule has 0 amide bonds. The number of rotatable bonds is 1. The number of aliphatic hydroxyl groups excluding tert-OH is 2. The monoisotopic (exact) mass is 178 g/mol. The zero-order valence-corrected chi connectivity index (χ0v) is 7.53. The van der Waals surface area contributed by atoms with Crippen molar-refractivity contribution in [3.8, 4) is 0 Å². The smallest absolute Gasteiger partial charge is 0.102 e. The van der Waals surface area contributed by atoms with E-state index in [9.17, 15) is 10.2 Å². The van der Waals surface area contributed by atoms with Crippen molar-refractivity contribution in [3.05, 3.63) is 48.6 Å². The number of hydrogen-bond acceptors (Lipinski definition) is 2. The van der Waals surface area contributed by atoms with Gasteiger partial charge in [-0.05, 0) is 16.7 Å². The molecule has 2 atom stereocenters. The molecule has 0 bridgehead atoms. The van der Waals surface area contributed by atoms with Crippen molar-refractivity contribution in [2.45, 2.75) is 18.6 Å². The molecule has 2 nitrogen and oxygen atoms in total. The van der Waals surface area contributed by atoms with E-state index in [4.69, 9.17) is 0 Å². The summed E-state index contributed by atoms with van der Waals surface area (Å²) in [5.41, 5.74) is 1.86. The molecule has 0 aromatic rings. The van der Waals surface area contributed by atoms with Gasteiger partial charge in [0, 0.05) is 6.42 Å². The molecule has 0 aliphatic heterocycles. The van der Waals surface area contributed by atoms with Crippen molar-refractivity contribution in [2.75, 3.05) is 0 Å². The van der Waals surface area contributed by atoms with Gasteiger partial charge in [0.25, 0.3) is 0 Å². The van der Waals surface area contributed by atoms with Gasteiger partial charge in [0.15, 0.2) is 0 Å². The third-order valence-electron chi connectivity index (χ3n) is 2.25.